The van der Waals surface area contributed by atoms with Crippen molar-refractivity contribution in [1.29, 1.82) is 0 Å². The zero-order valence-corrected chi connectivity index (χ0v) is 11.3. The lowest BCUT2D eigenvalue weighted by Crippen LogP contribution is -2.15. The van der Waals surface area contributed by atoms with E-state index in [2.05, 4.69) is 14.8 Å². The molecule has 9 heteroatoms. The van der Waals surface area contributed by atoms with Crippen LogP contribution in [0.1, 0.15) is 4.88 Å². The van der Waals surface area contributed by atoms with E-state index in [9.17, 15) is 8.42 Å². The number of sulfonamides is 1. The summed E-state index contributed by atoms with van der Waals surface area (Å²) in [6.07, 6.45) is 1.95. The number of anilines is 1. The molecule has 0 amide bonds. The van der Waals surface area contributed by atoms with E-state index in [1.165, 1.54) is 22.3 Å². The summed E-state index contributed by atoms with van der Waals surface area (Å²) in [5.74, 6) is 0.184. The van der Waals surface area contributed by atoms with Crippen LogP contribution in [0.3, 0.4) is 0 Å². The second kappa shape index (κ2) is 5.04. The first-order valence-corrected chi connectivity index (χ1v) is 7.48. The molecule has 0 aliphatic carbocycles. The zero-order valence-electron chi connectivity index (χ0n) is 9.70. The number of hydrogen-bond acceptors (Lipinski definition) is 6. The van der Waals surface area contributed by atoms with Crippen molar-refractivity contribution >= 4 is 27.3 Å². The molecule has 2 aromatic heterocycles. The van der Waals surface area contributed by atoms with Crippen LogP contribution in [0.4, 0.5) is 5.95 Å². The van der Waals surface area contributed by atoms with Crippen molar-refractivity contribution in [3.05, 3.63) is 23.3 Å². The fraction of sp³-hybridized carbons (Fsp3) is 0.333. The van der Waals surface area contributed by atoms with E-state index in [-0.39, 0.29) is 10.2 Å². The Kier molecular flexibility index (Phi) is 3.64. The maximum absolute atomic E-state index is 12.1. The Morgan fingerprint density at radius 3 is 2.89 bits per heavy atom. The Labute approximate surface area is 109 Å². The summed E-state index contributed by atoms with van der Waals surface area (Å²) in [4.78, 5) is 4.76. The molecule has 0 aromatic carbocycles. The molecule has 3 N–H and O–H groups in total. The quantitative estimate of drug-likeness (QED) is 0.816. The molecule has 2 aromatic rings. The number of nitrogens with one attached hydrogen (secondary N) is 1. The average molecular weight is 287 g/mol. The van der Waals surface area contributed by atoms with E-state index >= 15 is 0 Å². The number of thiophene rings is 1. The van der Waals surface area contributed by atoms with Crippen LogP contribution in [-0.4, -0.2) is 29.7 Å². The summed E-state index contributed by atoms with van der Waals surface area (Å²) < 4.78 is 28.1. The molecule has 0 aliphatic heterocycles. The molecule has 0 saturated heterocycles. The molecule has 2 rings (SSSR count). The molecule has 2 heterocycles. The molecular weight excluding hydrogens is 274 g/mol. The van der Waals surface area contributed by atoms with Crippen LogP contribution in [0.2, 0.25) is 0 Å². The minimum Gasteiger partial charge on any atom is -0.330 e. The predicted molar refractivity (Wildman–Crippen MR) is 68.9 cm³/mol. The van der Waals surface area contributed by atoms with Crippen LogP contribution < -0.4 is 10.5 Å². The summed E-state index contributed by atoms with van der Waals surface area (Å²) in [5, 5.41) is 3.79. The Morgan fingerprint density at radius 1 is 1.50 bits per heavy atom. The normalized spacial score (nSPS) is 11.7. The number of nitrogens with two attached hydrogens (primary N) is 1. The SMILES string of the molecule is Cn1ncnc1NS(=O)(=O)c1ccc(CCN)s1. The second-order valence-corrected chi connectivity index (χ2v) is 6.65. The maximum Gasteiger partial charge on any atom is 0.273 e. The van der Waals surface area contributed by atoms with Crippen molar-refractivity contribution in [2.75, 3.05) is 11.3 Å². The molecule has 0 fully saturated rings. The van der Waals surface area contributed by atoms with Gasteiger partial charge in [0.15, 0.2) is 0 Å². The first-order valence-electron chi connectivity index (χ1n) is 5.18. The lowest BCUT2D eigenvalue weighted by Gasteiger charge is -2.04. The largest absolute Gasteiger partial charge is 0.330 e. The van der Waals surface area contributed by atoms with Gasteiger partial charge in [-0.2, -0.15) is 10.1 Å². The molecule has 0 aliphatic rings. The fourth-order valence-corrected chi connectivity index (χ4v) is 3.75. The molecule has 0 spiro atoms. The van der Waals surface area contributed by atoms with Gasteiger partial charge in [0.05, 0.1) is 0 Å². The highest BCUT2D eigenvalue weighted by molar-refractivity contribution is 7.94. The van der Waals surface area contributed by atoms with Crippen LogP contribution in [0, 0.1) is 0 Å². The molecule has 0 unspecified atom stereocenters. The van der Waals surface area contributed by atoms with Gasteiger partial charge in [-0.3, -0.25) is 0 Å². The van der Waals surface area contributed by atoms with E-state index in [0.717, 1.165) is 4.88 Å². The van der Waals surface area contributed by atoms with Gasteiger partial charge in [-0.25, -0.2) is 17.8 Å². The number of nitrogens with zero attached hydrogens (tertiary/aromatic N) is 3. The topological polar surface area (TPSA) is 103 Å². The Balaban J connectivity index is 2.22. The van der Waals surface area contributed by atoms with Gasteiger partial charge in [-0.1, -0.05) is 0 Å². The number of rotatable bonds is 5. The van der Waals surface area contributed by atoms with E-state index in [4.69, 9.17) is 5.73 Å². The van der Waals surface area contributed by atoms with Crippen LogP contribution in [0.5, 0.6) is 0 Å². The van der Waals surface area contributed by atoms with Gasteiger partial charge in [0, 0.05) is 11.9 Å². The van der Waals surface area contributed by atoms with Crippen molar-refractivity contribution in [2.45, 2.75) is 10.6 Å². The third kappa shape index (κ3) is 2.68. The Morgan fingerprint density at radius 2 is 2.28 bits per heavy atom. The third-order valence-corrected chi connectivity index (χ3v) is 5.19. The molecule has 0 bridgehead atoms. The molecule has 0 radical (unpaired) electrons. The molecule has 98 valence electrons. The third-order valence-electron chi connectivity index (χ3n) is 2.23. The van der Waals surface area contributed by atoms with E-state index in [1.807, 2.05) is 0 Å². The van der Waals surface area contributed by atoms with Gasteiger partial charge in [-0.15, -0.1) is 11.3 Å². The highest BCUT2D eigenvalue weighted by Crippen LogP contribution is 2.23. The molecular formula is C9H13N5O2S2. The van der Waals surface area contributed by atoms with Gasteiger partial charge < -0.3 is 5.73 Å². The lowest BCUT2D eigenvalue weighted by atomic mass is 10.3. The van der Waals surface area contributed by atoms with Crippen molar-refractivity contribution in [3.63, 3.8) is 0 Å². The van der Waals surface area contributed by atoms with E-state index in [0.29, 0.717) is 13.0 Å². The molecule has 0 saturated carbocycles. The summed E-state index contributed by atoms with van der Waals surface area (Å²) in [6, 6.07) is 3.33. The Bertz CT molecular complexity index is 631. The summed E-state index contributed by atoms with van der Waals surface area (Å²) >= 11 is 1.20. The van der Waals surface area contributed by atoms with Crippen molar-refractivity contribution in [1.82, 2.24) is 14.8 Å². The standard InChI is InChI=1S/C9H13N5O2S2/c1-14-9(11-6-12-14)13-18(15,16)8-3-2-7(17-8)4-5-10/h2-3,6H,4-5,10H2,1H3,(H,11,12,13). The second-order valence-electron chi connectivity index (χ2n) is 3.57. The summed E-state index contributed by atoms with van der Waals surface area (Å²) in [6.45, 7) is 0.497. The highest BCUT2D eigenvalue weighted by Gasteiger charge is 2.18. The number of aryl methyl sites for hydroxylation is 1. The van der Waals surface area contributed by atoms with Crippen LogP contribution in [0.15, 0.2) is 22.7 Å². The first-order chi connectivity index (χ1) is 8.53. The molecule has 0 atom stereocenters. The predicted octanol–water partition coefficient (Wildman–Crippen LogP) is 0.179. The Hall–Kier alpha value is -1.45. The van der Waals surface area contributed by atoms with Gasteiger partial charge in [0.2, 0.25) is 5.95 Å². The molecule has 7 nitrogen and oxygen atoms in total. The lowest BCUT2D eigenvalue weighted by molar-refractivity contribution is 0.602. The first kappa shape index (κ1) is 13.0. The minimum absolute atomic E-state index is 0.184. The maximum atomic E-state index is 12.1. The monoisotopic (exact) mass is 287 g/mol. The number of aromatic nitrogens is 3. The van der Waals surface area contributed by atoms with Gasteiger partial charge in [0.1, 0.15) is 10.5 Å². The van der Waals surface area contributed by atoms with Gasteiger partial charge >= 0.3 is 0 Å². The van der Waals surface area contributed by atoms with Crippen LogP contribution >= 0.6 is 11.3 Å². The van der Waals surface area contributed by atoms with Crippen molar-refractivity contribution in [3.8, 4) is 0 Å². The highest BCUT2D eigenvalue weighted by atomic mass is 32.2. The van der Waals surface area contributed by atoms with Crippen molar-refractivity contribution in [2.24, 2.45) is 12.8 Å². The smallest absolute Gasteiger partial charge is 0.273 e. The van der Waals surface area contributed by atoms with Crippen LogP contribution in [0.25, 0.3) is 0 Å². The summed E-state index contributed by atoms with van der Waals surface area (Å²) in [7, 11) is -1.99. The average Bonchev–Trinajstić information content (AvgIpc) is 2.90. The number of hydrogen-bond donors (Lipinski definition) is 2. The van der Waals surface area contributed by atoms with Crippen molar-refractivity contribution < 1.29 is 8.42 Å². The fourth-order valence-electron chi connectivity index (χ4n) is 1.34. The van der Waals surface area contributed by atoms with E-state index < -0.39 is 10.0 Å². The van der Waals surface area contributed by atoms with Crippen LogP contribution in [-0.2, 0) is 23.5 Å². The van der Waals surface area contributed by atoms with Gasteiger partial charge in [-0.05, 0) is 25.1 Å². The molecule has 18 heavy (non-hydrogen) atoms. The van der Waals surface area contributed by atoms with E-state index in [1.54, 1.807) is 19.2 Å². The van der Waals surface area contributed by atoms with Gasteiger partial charge in [0.25, 0.3) is 10.0 Å². The summed E-state index contributed by atoms with van der Waals surface area (Å²) in [5.41, 5.74) is 5.43. The minimum atomic E-state index is -3.60. The zero-order chi connectivity index (χ0) is 13.2.